The van der Waals surface area contributed by atoms with Crippen LogP contribution in [0.5, 0.6) is 0 Å². The van der Waals surface area contributed by atoms with Crippen LogP contribution < -0.4 is 16.8 Å². The third-order valence-electron chi connectivity index (χ3n) is 3.44. The van der Waals surface area contributed by atoms with Gasteiger partial charge in [0.05, 0.1) is 13.2 Å². The summed E-state index contributed by atoms with van der Waals surface area (Å²) >= 11 is 0. The highest BCUT2D eigenvalue weighted by atomic mass is 16.5. The van der Waals surface area contributed by atoms with Crippen LogP contribution in [0.2, 0.25) is 0 Å². The smallest absolute Gasteiger partial charge is 0.0594 e. The molecule has 0 saturated carbocycles. The minimum absolute atomic E-state index is 0.792. The van der Waals surface area contributed by atoms with E-state index in [-0.39, 0.29) is 0 Å². The van der Waals surface area contributed by atoms with Gasteiger partial charge in [-0.3, -0.25) is 9.80 Å². The highest BCUT2D eigenvalue weighted by Crippen LogP contribution is 1.96. The predicted molar refractivity (Wildman–Crippen MR) is 79.3 cm³/mol. The van der Waals surface area contributed by atoms with E-state index in [2.05, 4.69) is 15.1 Å². The molecule has 0 amide bonds. The summed E-state index contributed by atoms with van der Waals surface area (Å²) in [5, 5.41) is 3.29. The van der Waals surface area contributed by atoms with Crippen molar-refractivity contribution in [2.24, 2.45) is 11.5 Å². The lowest BCUT2D eigenvalue weighted by Crippen LogP contribution is -2.45. The van der Waals surface area contributed by atoms with E-state index < -0.39 is 0 Å². The second-order valence-corrected chi connectivity index (χ2v) is 4.98. The fourth-order valence-corrected chi connectivity index (χ4v) is 2.26. The van der Waals surface area contributed by atoms with Crippen LogP contribution in [-0.4, -0.2) is 88.5 Å². The molecule has 0 radical (unpaired) electrons. The Balaban J connectivity index is 0.000000191. The summed E-state index contributed by atoms with van der Waals surface area (Å²) in [6.07, 6.45) is 1.11. The van der Waals surface area contributed by atoms with Crippen molar-refractivity contribution in [2.45, 2.75) is 6.42 Å². The summed E-state index contributed by atoms with van der Waals surface area (Å²) in [4.78, 5) is 4.78. The normalized spacial score (nSPS) is 21.8. The third-order valence-corrected chi connectivity index (χ3v) is 3.44. The average molecular weight is 273 g/mol. The topological polar surface area (TPSA) is 79.8 Å². The molecule has 0 aromatic rings. The molecule has 6 heteroatoms. The quantitative estimate of drug-likeness (QED) is 0.567. The van der Waals surface area contributed by atoms with Crippen LogP contribution in [0, 0.1) is 0 Å². The first kappa shape index (κ1) is 16.8. The van der Waals surface area contributed by atoms with Gasteiger partial charge in [-0.1, -0.05) is 0 Å². The average Bonchev–Trinajstić information content (AvgIpc) is 2.48. The molecule has 5 N–H and O–H groups in total. The molecule has 0 aliphatic carbocycles. The summed E-state index contributed by atoms with van der Waals surface area (Å²) in [5.41, 5.74) is 10.8. The first-order chi connectivity index (χ1) is 9.36. The largest absolute Gasteiger partial charge is 0.379 e. The second kappa shape index (κ2) is 11.6. The number of nitrogens with one attached hydrogen (secondary N) is 1. The maximum atomic E-state index is 5.40. The SMILES string of the molecule is NCCCN1CCOCC1.NCCN1CCNCC1. The van der Waals surface area contributed by atoms with Crippen molar-refractivity contribution in [3.05, 3.63) is 0 Å². The molecular weight excluding hydrogens is 242 g/mol. The van der Waals surface area contributed by atoms with E-state index >= 15 is 0 Å². The Bertz CT molecular complexity index is 191. The summed E-state index contributed by atoms with van der Waals surface area (Å²) in [6.45, 7) is 12.3. The Morgan fingerprint density at radius 3 is 2.05 bits per heavy atom. The van der Waals surface area contributed by atoms with Gasteiger partial charge in [-0.05, 0) is 19.5 Å². The predicted octanol–water partition coefficient (Wildman–Crippen LogP) is -1.48. The van der Waals surface area contributed by atoms with Crippen molar-refractivity contribution in [3.63, 3.8) is 0 Å². The number of hydrogen-bond acceptors (Lipinski definition) is 6. The van der Waals surface area contributed by atoms with E-state index in [0.717, 1.165) is 85.1 Å². The molecule has 2 fully saturated rings. The molecule has 0 atom stereocenters. The van der Waals surface area contributed by atoms with E-state index in [1.807, 2.05) is 0 Å². The van der Waals surface area contributed by atoms with Gasteiger partial charge in [-0.25, -0.2) is 0 Å². The molecule has 2 rings (SSSR count). The van der Waals surface area contributed by atoms with Crippen molar-refractivity contribution in [2.75, 3.05) is 78.7 Å². The van der Waals surface area contributed by atoms with E-state index in [1.165, 1.54) is 0 Å². The summed E-state index contributed by atoms with van der Waals surface area (Å²) < 4.78 is 5.21. The molecule has 6 nitrogen and oxygen atoms in total. The zero-order chi connectivity index (χ0) is 13.8. The van der Waals surface area contributed by atoms with Crippen molar-refractivity contribution >= 4 is 0 Å². The molecule has 0 aromatic heterocycles. The van der Waals surface area contributed by atoms with Gasteiger partial charge < -0.3 is 21.5 Å². The van der Waals surface area contributed by atoms with Gasteiger partial charge >= 0.3 is 0 Å². The molecule has 2 saturated heterocycles. The van der Waals surface area contributed by atoms with Gasteiger partial charge in [-0.2, -0.15) is 0 Å². The number of nitrogens with two attached hydrogens (primary N) is 2. The number of nitrogens with zero attached hydrogens (tertiary/aromatic N) is 2. The minimum Gasteiger partial charge on any atom is -0.379 e. The van der Waals surface area contributed by atoms with Crippen LogP contribution in [0.4, 0.5) is 0 Å². The van der Waals surface area contributed by atoms with E-state index in [1.54, 1.807) is 0 Å². The Hall–Kier alpha value is -0.240. The number of morpholine rings is 1. The summed E-state index contributed by atoms with van der Waals surface area (Å²) in [7, 11) is 0. The summed E-state index contributed by atoms with van der Waals surface area (Å²) in [5.74, 6) is 0. The van der Waals surface area contributed by atoms with Crippen LogP contribution >= 0.6 is 0 Å². The molecule has 0 bridgehead atoms. The standard InChI is InChI=1S/C7H16N2O.C6H15N3/c8-2-1-3-9-4-6-10-7-5-9;7-1-4-9-5-2-8-3-6-9/h1-8H2;8H,1-7H2. The van der Waals surface area contributed by atoms with Crippen LogP contribution in [0.25, 0.3) is 0 Å². The van der Waals surface area contributed by atoms with Crippen LogP contribution in [0.1, 0.15) is 6.42 Å². The van der Waals surface area contributed by atoms with Crippen molar-refractivity contribution in [1.82, 2.24) is 15.1 Å². The number of hydrogen-bond donors (Lipinski definition) is 3. The molecule has 2 aliphatic heterocycles. The molecular formula is C13H31N5O. The number of ether oxygens (including phenoxy) is 1. The first-order valence-electron chi connectivity index (χ1n) is 7.50. The van der Waals surface area contributed by atoms with E-state index in [4.69, 9.17) is 16.2 Å². The minimum atomic E-state index is 0.792. The molecule has 2 heterocycles. The Morgan fingerprint density at radius 1 is 0.842 bits per heavy atom. The Morgan fingerprint density at radius 2 is 1.47 bits per heavy atom. The molecule has 19 heavy (non-hydrogen) atoms. The zero-order valence-corrected chi connectivity index (χ0v) is 12.1. The lowest BCUT2D eigenvalue weighted by Gasteiger charge is -2.26. The summed E-state index contributed by atoms with van der Waals surface area (Å²) in [6, 6.07) is 0. The van der Waals surface area contributed by atoms with E-state index in [0.29, 0.717) is 0 Å². The molecule has 2 aliphatic rings. The second-order valence-electron chi connectivity index (χ2n) is 4.98. The molecule has 0 spiro atoms. The van der Waals surface area contributed by atoms with Gasteiger partial charge in [0.25, 0.3) is 0 Å². The molecule has 0 aromatic carbocycles. The zero-order valence-electron chi connectivity index (χ0n) is 12.1. The van der Waals surface area contributed by atoms with Gasteiger partial charge in [0.1, 0.15) is 0 Å². The van der Waals surface area contributed by atoms with Crippen LogP contribution in [-0.2, 0) is 4.74 Å². The number of rotatable bonds is 5. The number of piperazine rings is 1. The van der Waals surface area contributed by atoms with Gasteiger partial charge in [0, 0.05) is 52.4 Å². The van der Waals surface area contributed by atoms with Gasteiger partial charge in [0.2, 0.25) is 0 Å². The third kappa shape index (κ3) is 8.52. The van der Waals surface area contributed by atoms with Gasteiger partial charge in [0.15, 0.2) is 0 Å². The Labute approximate surface area is 117 Å². The highest BCUT2D eigenvalue weighted by Gasteiger charge is 2.08. The fourth-order valence-electron chi connectivity index (χ4n) is 2.26. The monoisotopic (exact) mass is 273 g/mol. The lowest BCUT2D eigenvalue weighted by atomic mass is 10.3. The molecule has 114 valence electrons. The van der Waals surface area contributed by atoms with Gasteiger partial charge in [-0.15, -0.1) is 0 Å². The maximum Gasteiger partial charge on any atom is 0.0594 e. The lowest BCUT2D eigenvalue weighted by molar-refractivity contribution is 0.0377. The Kier molecular flexibility index (Phi) is 10.2. The highest BCUT2D eigenvalue weighted by molar-refractivity contribution is 4.66. The fraction of sp³-hybridized carbons (Fsp3) is 1.00. The first-order valence-corrected chi connectivity index (χ1v) is 7.50. The van der Waals surface area contributed by atoms with Crippen molar-refractivity contribution in [1.29, 1.82) is 0 Å². The van der Waals surface area contributed by atoms with E-state index in [9.17, 15) is 0 Å². The van der Waals surface area contributed by atoms with Crippen LogP contribution in [0.15, 0.2) is 0 Å². The molecule has 0 unspecified atom stereocenters. The maximum absolute atomic E-state index is 5.40. The van der Waals surface area contributed by atoms with Crippen molar-refractivity contribution < 1.29 is 4.74 Å². The van der Waals surface area contributed by atoms with Crippen molar-refractivity contribution in [3.8, 4) is 0 Å². The van der Waals surface area contributed by atoms with Crippen LogP contribution in [0.3, 0.4) is 0 Å².